The third-order valence-electron chi connectivity index (χ3n) is 3.11. The van der Waals surface area contributed by atoms with Gasteiger partial charge in [-0.15, -0.1) is 10.2 Å². The average Bonchev–Trinajstić information content (AvgIpc) is 2.80. The van der Waals surface area contributed by atoms with Crippen LogP contribution in [0.25, 0.3) is 10.9 Å². The second-order valence-electron chi connectivity index (χ2n) is 4.64. The molecule has 1 heterocycles. The number of carbonyl (C=O) groups excluding carboxylic acids is 1. The number of rotatable bonds is 2. The molecule has 7 heteroatoms. The molecule has 0 spiro atoms. The van der Waals surface area contributed by atoms with Crippen molar-refractivity contribution in [3.05, 3.63) is 53.8 Å². The molecule has 0 unspecified atom stereocenters. The quantitative estimate of drug-likeness (QED) is 0.498. The summed E-state index contributed by atoms with van der Waals surface area (Å²) in [5, 5.41) is 17.4. The first-order valence-corrected chi connectivity index (χ1v) is 6.36. The number of H-pyrrole nitrogens is 1. The maximum atomic E-state index is 13.3. The second kappa shape index (κ2) is 5.28. The van der Waals surface area contributed by atoms with Crippen LogP contribution in [0.5, 0.6) is 5.88 Å². The van der Waals surface area contributed by atoms with Crippen LogP contribution in [0.4, 0.5) is 15.8 Å². The zero-order valence-electron chi connectivity index (χ0n) is 11.2. The number of azo groups is 1. The maximum absolute atomic E-state index is 13.3. The lowest BCUT2D eigenvalue weighted by Crippen LogP contribution is -1.94. The van der Waals surface area contributed by atoms with Crippen LogP contribution in [-0.4, -0.2) is 16.0 Å². The molecule has 0 aliphatic heterocycles. The van der Waals surface area contributed by atoms with Gasteiger partial charge in [-0.05, 0) is 42.5 Å². The van der Waals surface area contributed by atoms with Crippen LogP contribution in [0.1, 0.15) is 10.4 Å². The Balaban J connectivity index is 1.95. The molecule has 0 radical (unpaired) electrons. The zero-order chi connectivity index (χ0) is 15.7. The Morgan fingerprint density at radius 3 is 2.64 bits per heavy atom. The van der Waals surface area contributed by atoms with Gasteiger partial charge in [0, 0.05) is 16.6 Å². The number of anilines is 1. The predicted octanol–water partition coefficient (Wildman–Crippen LogP) is 3.52. The van der Waals surface area contributed by atoms with Crippen LogP contribution in [0.3, 0.4) is 0 Å². The molecule has 4 N–H and O–H groups in total. The molecular weight excluding hydrogens is 287 g/mol. The van der Waals surface area contributed by atoms with Crippen molar-refractivity contribution in [2.75, 3.05) is 5.73 Å². The van der Waals surface area contributed by atoms with Crippen molar-refractivity contribution >= 4 is 28.2 Å². The highest BCUT2D eigenvalue weighted by Crippen LogP contribution is 2.35. The van der Waals surface area contributed by atoms with Gasteiger partial charge in [0.2, 0.25) is 5.88 Å². The summed E-state index contributed by atoms with van der Waals surface area (Å²) in [5.74, 6) is -1.35. The fourth-order valence-electron chi connectivity index (χ4n) is 2.02. The summed E-state index contributed by atoms with van der Waals surface area (Å²) < 4.78 is 13.3. The summed E-state index contributed by atoms with van der Waals surface area (Å²) in [6, 6.07) is 10.1. The van der Waals surface area contributed by atoms with Gasteiger partial charge >= 0.3 is 0 Å². The molecule has 6 nitrogen and oxygen atoms in total. The molecule has 3 aromatic rings. The van der Waals surface area contributed by atoms with E-state index in [1.165, 1.54) is 30.3 Å². The van der Waals surface area contributed by atoms with E-state index >= 15 is 0 Å². The molecule has 3 rings (SSSR count). The number of aromatic amines is 1. The van der Waals surface area contributed by atoms with Crippen LogP contribution >= 0.6 is 0 Å². The van der Waals surface area contributed by atoms with Gasteiger partial charge in [-0.3, -0.25) is 4.79 Å². The summed E-state index contributed by atoms with van der Waals surface area (Å²) in [6.45, 7) is 0. The number of aromatic nitrogens is 1. The molecule has 0 saturated carbocycles. The van der Waals surface area contributed by atoms with Crippen LogP contribution < -0.4 is 5.73 Å². The number of aromatic hydroxyl groups is 1. The number of nitrogens with one attached hydrogen (secondary N) is 1. The molecule has 110 valence electrons. The van der Waals surface area contributed by atoms with Crippen molar-refractivity contribution < 1.29 is 14.3 Å². The van der Waals surface area contributed by atoms with Gasteiger partial charge in [-0.1, -0.05) is 0 Å². The van der Waals surface area contributed by atoms with Crippen molar-refractivity contribution in [1.82, 2.24) is 4.98 Å². The second-order valence-corrected chi connectivity index (χ2v) is 4.64. The molecule has 0 fully saturated rings. The minimum absolute atomic E-state index is 0.0123. The SMILES string of the molecule is Nc1ccc(C(=O)N=Nc2c(O)[nH]c3ccc(F)cc23)cc1. The summed E-state index contributed by atoms with van der Waals surface area (Å²) in [7, 11) is 0. The summed E-state index contributed by atoms with van der Waals surface area (Å²) >= 11 is 0. The Hall–Kier alpha value is -3.22. The average molecular weight is 298 g/mol. The van der Waals surface area contributed by atoms with E-state index in [0.717, 1.165) is 0 Å². The lowest BCUT2D eigenvalue weighted by Gasteiger charge is -1.96. The van der Waals surface area contributed by atoms with Crippen molar-refractivity contribution in [1.29, 1.82) is 0 Å². The largest absolute Gasteiger partial charge is 0.493 e. The van der Waals surface area contributed by atoms with E-state index in [0.29, 0.717) is 22.2 Å². The number of nitrogens with two attached hydrogens (primary N) is 1. The van der Waals surface area contributed by atoms with Crippen LogP contribution in [-0.2, 0) is 0 Å². The summed E-state index contributed by atoms with van der Waals surface area (Å²) in [4.78, 5) is 14.5. The Bertz CT molecular complexity index is 884. The lowest BCUT2D eigenvalue weighted by molar-refractivity contribution is 0.0995. The van der Waals surface area contributed by atoms with Crippen molar-refractivity contribution in [3.8, 4) is 5.88 Å². The highest BCUT2D eigenvalue weighted by atomic mass is 19.1. The van der Waals surface area contributed by atoms with Crippen molar-refractivity contribution in [2.24, 2.45) is 10.2 Å². The fraction of sp³-hybridized carbons (Fsp3) is 0. The van der Waals surface area contributed by atoms with Gasteiger partial charge in [-0.25, -0.2) is 4.39 Å². The first-order valence-electron chi connectivity index (χ1n) is 6.36. The van der Waals surface area contributed by atoms with E-state index < -0.39 is 11.7 Å². The smallest absolute Gasteiger partial charge is 0.295 e. The van der Waals surface area contributed by atoms with E-state index in [4.69, 9.17) is 5.73 Å². The van der Waals surface area contributed by atoms with E-state index in [9.17, 15) is 14.3 Å². The van der Waals surface area contributed by atoms with Gasteiger partial charge in [0.15, 0.2) is 5.69 Å². The molecular formula is C15H11FN4O2. The molecule has 0 atom stereocenters. The van der Waals surface area contributed by atoms with E-state index in [1.54, 1.807) is 12.1 Å². The van der Waals surface area contributed by atoms with Gasteiger partial charge in [-0.2, -0.15) is 0 Å². The minimum atomic E-state index is -0.592. The van der Waals surface area contributed by atoms with E-state index in [2.05, 4.69) is 15.2 Å². The monoisotopic (exact) mass is 298 g/mol. The minimum Gasteiger partial charge on any atom is -0.493 e. The first kappa shape index (κ1) is 13.7. The standard InChI is InChI=1S/C15H11FN4O2/c16-9-3-6-12-11(7-9)13(15(22)18-12)19-20-14(21)8-1-4-10(17)5-2-8/h1-7,18,22H,17H2. The van der Waals surface area contributed by atoms with Gasteiger partial charge in [0.25, 0.3) is 5.91 Å². The van der Waals surface area contributed by atoms with E-state index in [-0.39, 0.29) is 11.6 Å². The highest BCUT2D eigenvalue weighted by molar-refractivity contribution is 5.97. The number of fused-ring (bicyclic) bond motifs is 1. The molecule has 0 bridgehead atoms. The number of nitrogens with zero attached hydrogens (tertiary/aromatic N) is 2. The topological polar surface area (TPSA) is 104 Å². The molecule has 1 amide bonds. The number of hydrogen-bond donors (Lipinski definition) is 3. The van der Waals surface area contributed by atoms with Crippen molar-refractivity contribution in [3.63, 3.8) is 0 Å². The number of halogens is 1. The van der Waals surface area contributed by atoms with Gasteiger partial charge in [0.1, 0.15) is 5.82 Å². The molecule has 2 aromatic carbocycles. The number of amides is 1. The number of carbonyl (C=O) groups is 1. The summed E-state index contributed by atoms with van der Waals surface area (Å²) in [6.07, 6.45) is 0. The van der Waals surface area contributed by atoms with Crippen LogP contribution in [0.15, 0.2) is 52.7 Å². The molecule has 1 aromatic heterocycles. The van der Waals surface area contributed by atoms with Gasteiger partial charge in [0.05, 0.1) is 5.52 Å². The molecule has 0 aliphatic rings. The predicted molar refractivity (Wildman–Crippen MR) is 79.6 cm³/mol. The highest BCUT2D eigenvalue weighted by Gasteiger charge is 2.12. The number of benzene rings is 2. The Morgan fingerprint density at radius 2 is 1.91 bits per heavy atom. The van der Waals surface area contributed by atoms with Crippen LogP contribution in [0.2, 0.25) is 0 Å². The normalized spacial score (nSPS) is 11.3. The third-order valence-corrected chi connectivity index (χ3v) is 3.11. The summed E-state index contributed by atoms with van der Waals surface area (Å²) in [5.41, 5.74) is 6.88. The van der Waals surface area contributed by atoms with E-state index in [1.807, 2.05) is 0 Å². The number of hydrogen-bond acceptors (Lipinski definition) is 4. The molecule has 0 saturated heterocycles. The third kappa shape index (κ3) is 2.51. The Kier molecular flexibility index (Phi) is 3.30. The van der Waals surface area contributed by atoms with Gasteiger partial charge < -0.3 is 15.8 Å². The Labute approximate surface area is 124 Å². The first-order chi connectivity index (χ1) is 10.5. The Morgan fingerprint density at radius 1 is 1.18 bits per heavy atom. The zero-order valence-corrected chi connectivity index (χ0v) is 11.2. The lowest BCUT2D eigenvalue weighted by atomic mass is 10.2. The molecule has 0 aliphatic carbocycles. The maximum Gasteiger partial charge on any atom is 0.295 e. The fourth-order valence-corrected chi connectivity index (χ4v) is 2.02. The van der Waals surface area contributed by atoms with Crippen LogP contribution in [0, 0.1) is 5.82 Å². The molecule has 22 heavy (non-hydrogen) atoms. The number of nitrogen functional groups attached to an aromatic ring is 1. The van der Waals surface area contributed by atoms with Crippen molar-refractivity contribution in [2.45, 2.75) is 0 Å².